The number of hydrogen-bond donors (Lipinski definition) is 2. The van der Waals surface area contributed by atoms with Crippen molar-refractivity contribution in [1.82, 2.24) is 0 Å². The Kier molecular flexibility index (Phi) is 2.62. The molecule has 0 unspecified atom stereocenters. The molecule has 0 aliphatic heterocycles. The lowest BCUT2D eigenvalue weighted by Gasteiger charge is -2.24. The quantitative estimate of drug-likeness (QED) is 0.555. The van der Waals surface area contributed by atoms with E-state index in [0.717, 1.165) is 5.56 Å². The van der Waals surface area contributed by atoms with Crippen LogP contribution in [0.4, 0.5) is 0 Å². The molecular formula is C10H13ClN2. The van der Waals surface area contributed by atoms with E-state index < -0.39 is 5.41 Å². The first kappa shape index (κ1) is 10.1. The molecule has 70 valence electrons. The molecule has 3 N–H and O–H groups in total. The second-order valence-corrected chi connectivity index (χ2v) is 3.93. The van der Waals surface area contributed by atoms with Gasteiger partial charge in [-0.05, 0) is 25.5 Å². The van der Waals surface area contributed by atoms with Crippen molar-refractivity contribution in [3.8, 4) is 0 Å². The van der Waals surface area contributed by atoms with Gasteiger partial charge in [-0.15, -0.1) is 0 Å². The highest BCUT2D eigenvalue weighted by Crippen LogP contribution is 2.29. The molecule has 0 saturated carbocycles. The fourth-order valence-electron chi connectivity index (χ4n) is 1.11. The van der Waals surface area contributed by atoms with E-state index in [0.29, 0.717) is 5.02 Å². The van der Waals surface area contributed by atoms with Crippen LogP contribution in [-0.4, -0.2) is 5.84 Å². The molecule has 0 amide bonds. The molecule has 0 radical (unpaired) electrons. The van der Waals surface area contributed by atoms with Crippen LogP contribution in [0.3, 0.4) is 0 Å². The highest BCUT2D eigenvalue weighted by molar-refractivity contribution is 6.31. The summed E-state index contributed by atoms with van der Waals surface area (Å²) in [5, 5.41) is 8.11. The summed E-state index contributed by atoms with van der Waals surface area (Å²) in [5.74, 6) is 0.126. The zero-order chi connectivity index (χ0) is 10.1. The van der Waals surface area contributed by atoms with E-state index in [1.54, 1.807) is 0 Å². The van der Waals surface area contributed by atoms with Crippen molar-refractivity contribution < 1.29 is 0 Å². The van der Waals surface area contributed by atoms with Crippen LogP contribution in [0, 0.1) is 5.41 Å². The van der Waals surface area contributed by atoms with Crippen LogP contribution in [0.2, 0.25) is 5.02 Å². The smallest absolute Gasteiger partial charge is 0.101 e. The predicted molar refractivity (Wildman–Crippen MR) is 56.4 cm³/mol. The van der Waals surface area contributed by atoms with Crippen molar-refractivity contribution in [2.75, 3.05) is 0 Å². The molecule has 0 saturated heterocycles. The van der Waals surface area contributed by atoms with Gasteiger partial charge >= 0.3 is 0 Å². The average molecular weight is 197 g/mol. The van der Waals surface area contributed by atoms with E-state index in [1.807, 2.05) is 38.1 Å². The summed E-state index contributed by atoms with van der Waals surface area (Å²) >= 11 is 6.00. The molecule has 0 aliphatic carbocycles. The minimum atomic E-state index is -0.488. The first-order valence-corrected chi connectivity index (χ1v) is 4.43. The molecule has 0 heterocycles. The monoisotopic (exact) mass is 196 g/mol. The zero-order valence-corrected chi connectivity index (χ0v) is 8.52. The zero-order valence-electron chi connectivity index (χ0n) is 7.76. The molecular weight excluding hydrogens is 184 g/mol. The number of rotatable bonds is 2. The van der Waals surface area contributed by atoms with Gasteiger partial charge in [0.25, 0.3) is 0 Å². The number of nitrogens with two attached hydrogens (primary N) is 1. The Hall–Kier alpha value is -1.02. The van der Waals surface area contributed by atoms with Crippen molar-refractivity contribution in [3.63, 3.8) is 0 Å². The maximum absolute atomic E-state index is 7.45. The lowest BCUT2D eigenvalue weighted by atomic mass is 9.83. The van der Waals surface area contributed by atoms with Gasteiger partial charge in [0.05, 0.1) is 0 Å². The third-order valence-electron chi connectivity index (χ3n) is 2.22. The molecule has 0 spiro atoms. The standard InChI is InChI=1S/C10H13ClN2/c1-10(2,9(12)13)7-5-3-4-6-8(7)11/h3-6H,1-2H3,(H3,12,13). The number of amidine groups is 1. The van der Waals surface area contributed by atoms with Crippen LogP contribution >= 0.6 is 11.6 Å². The maximum Gasteiger partial charge on any atom is 0.101 e. The molecule has 1 aromatic carbocycles. The Labute approximate surface area is 83.2 Å². The first-order chi connectivity index (χ1) is 5.96. The van der Waals surface area contributed by atoms with Gasteiger partial charge < -0.3 is 5.73 Å². The highest BCUT2D eigenvalue weighted by Gasteiger charge is 2.25. The summed E-state index contributed by atoms with van der Waals surface area (Å²) in [6, 6.07) is 7.46. The van der Waals surface area contributed by atoms with Crippen molar-refractivity contribution in [1.29, 1.82) is 5.41 Å². The molecule has 0 atom stereocenters. The van der Waals surface area contributed by atoms with Crippen LogP contribution in [0.25, 0.3) is 0 Å². The number of hydrogen-bond acceptors (Lipinski definition) is 1. The van der Waals surface area contributed by atoms with E-state index in [2.05, 4.69) is 0 Å². The molecule has 0 fully saturated rings. The van der Waals surface area contributed by atoms with E-state index in [-0.39, 0.29) is 5.84 Å². The van der Waals surface area contributed by atoms with E-state index in [1.165, 1.54) is 0 Å². The third-order valence-corrected chi connectivity index (χ3v) is 2.55. The van der Waals surface area contributed by atoms with E-state index >= 15 is 0 Å². The van der Waals surface area contributed by atoms with Crippen molar-refractivity contribution in [2.24, 2.45) is 5.73 Å². The maximum atomic E-state index is 7.45. The Morgan fingerprint density at radius 2 is 1.92 bits per heavy atom. The van der Waals surface area contributed by atoms with E-state index in [9.17, 15) is 0 Å². The van der Waals surface area contributed by atoms with Gasteiger partial charge in [-0.1, -0.05) is 29.8 Å². The van der Waals surface area contributed by atoms with Crippen molar-refractivity contribution >= 4 is 17.4 Å². The fourth-order valence-corrected chi connectivity index (χ4v) is 1.49. The number of nitrogens with one attached hydrogen (secondary N) is 1. The SMILES string of the molecule is CC(C)(C(=N)N)c1ccccc1Cl. The molecule has 13 heavy (non-hydrogen) atoms. The Morgan fingerprint density at radius 1 is 1.38 bits per heavy atom. The Morgan fingerprint density at radius 3 is 2.38 bits per heavy atom. The summed E-state index contributed by atoms with van der Waals surface area (Å²) in [7, 11) is 0. The van der Waals surface area contributed by atoms with Gasteiger partial charge in [0.1, 0.15) is 5.84 Å². The van der Waals surface area contributed by atoms with Gasteiger partial charge in [0.2, 0.25) is 0 Å². The number of benzene rings is 1. The first-order valence-electron chi connectivity index (χ1n) is 4.06. The van der Waals surface area contributed by atoms with Gasteiger partial charge in [-0.25, -0.2) is 0 Å². The Balaban J connectivity index is 3.22. The molecule has 1 rings (SSSR count). The molecule has 3 heteroatoms. The minimum absolute atomic E-state index is 0.126. The normalized spacial score (nSPS) is 11.3. The summed E-state index contributed by atoms with van der Waals surface area (Å²) in [6.45, 7) is 3.77. The molecule has 0 bridgehead atoms. The lowest BCUT2D eigenvalue weighted by Crippen LogP contribution is -2.35. The second-order valence-electron chi connectivity index (χ2n) is 3.52. The van der Waals surface area contributed by atoms with Crippen LogP contribution in [0.5, 0.6) is 0 Å². The molecule has 0 aromatic heterocycles. The van der Waals surface area contributed by atoms with Crippen LogP contribution in [-0.2, 0) is 5.41 Å². The van der Waals surface area contributed by atoms with Gasteiger partial charge in [-0.3, -0.25) is 5.41 Å². The highest BCUT2D eigenvalue weighted by atomic mass is 35.5. The molecule has 0 aliphatic rings. The lowest BCUT2D eigenvalue weighted by molar-refractivity contribution is 0.705. The third kappa shape index (κ3) is 1.83. The van der Waals surface area contributed by atoms with Crippen LogP contribution in [0.1, 0.15) is 19.4 Å². The number of halogens is 1. The van der Waals surface area contributed by atoms with E-state index in [4.69, 9.17) is 22.7 Å². The topological polar surface area (TPSA) is 49.9 Å². The second kappa shape index (κ2) is 3.38. The fraction of sp³-hybridized carbons (Fsp3) is 0.300. The summed E-state index contributed by atoms with van der Waals surface area (Å²) in [4.78, 5) is 0. The van der Waals surface area contributed by atoms with Crippen molar-refractivity contribution in [3.05, 3.63) is 34.9 Å². The van der Waals surface area contributed by atoms with Crippen LogP contribution < -0.4 is 5.73 Å². The molecule has 2 nitrogen and oxygen atoms in total. The minimum Gasteiger partial charge on any atom is -0.387 e. The largest absolute Gasteiger partial charge is 0.387 e. The van der Waals surface area contributed by atoms with Gasteiger partial charge in [0.15, 0.2) is 0 Å². The summed E-state index contributed by atoms with van der Waals surface area (Å²) < 4.78 is 0. The summed E-state index contributed by atoms with van der Waals surface area (Å²) in [5.41, 5.74) is 5.90. The van der Waals surface area contributed by atoms with Gasteiger partial charge in [-0.2, -0.15) is 0 Å². The van der Waals surface area contributed by atoms with Crippen molar-refractivity contribution in [2.45, 2.75) is 19.3 Å². The Bertz CT molecular complexity index is 331. The average Bonchev–Trinajstić information content (AvgIpc) is 2.04. The predicted octanol–water partition coefficient (Wildman–Crippen LogP) is 2.55. The summed E-state index contributed by atoms with van der Waals surface area (Å²) in [6.07, 6.45) is 0. The van der Waals surface area contributed by atoms with Gasteiger partial charge in [0, 0.05) is 10.4 Å². The molecule has 1 aromatic rings. The van der Waals surface area contributed by atoms with Crippen LogP contribution in [0.15, 0.2) is 24.3 Å².